The van der Waals surface area contributed by atoms with Crippen molar-refractivity contribution in [2.75, 3.05) is 5.73 Å². The number of anilines is 1. The van der Waals surface area contributed by atoms with E-state index in [4.69, 9.17) is 15.3 Å². The van der Waals surface area contributed by atoms with Gasteiger partial charge < -0.3 is 15.3 Å². The van der Waals surface area contributed by atoms with Gasteiger partial charge in [-0.15, -0.1) is 0 Å². The van der Waals surface area contributed by atoms with Gasteiger partial charge in [-0.05, 0) is 24.3 Å². The normalized spacial score (nSPS) is 8.93. The van der Waals surface area contributed by atoms with Gasteiger partial charge in [-0.2, -0.15) is 0 Å². The molecule has 2 rings (SSSR count). The summed E-state index contributed by atoms with van der Waals surface area (Å²) in [5.41, 5.74) is 6.18. The fourth-order valence-electron chi connectivity index (χ4n) is 0.856. The number of hydrogen-bond acceptors (Lipinski definition) is 3. The Bertz CT molecular complexity index is 329. The standard InChI is InChI=1S/C6H7N.C5H6O2/c7-6-4-2-1-3-5-6;6-4-5-2-1-3-7-5/h1-5H,7H2;1-3,6H,4H2. The van der Waals surface area contributed by atoms with Crippen molar-refractivity contribution in [3.8, 4) is 0 Å². The lowest BCUT2D eigenvalue weighted by Gasteiger charge is -1.83. The Balaban J connectivity index is 0.000000140. The number of furan rings is 1. The number of para-hydroxylation sites is 1. The van der Waals surface area contributed by atoms with Gasteiger partial charge in [0.2, 0.25) is 0 Å². The van der Waals surface area contributed by atoms with Gasteiger partial charge in [0.05, 0.1) is 6.26 Å². The molecule has 74 valence electrons. The van der Waals surface area contributed by atoms with Gasteiger partial charge in [-0.25, -0.2) is 0 Å². The van der Waals surface area contributed by atoms with E-state index >= 15 is 0 Å². The molecule has 0 aliphatic carbocycles. The van der Waals surface area contributed by atoms with Crippen LogP contribution in [0.5, 0.6) is 0 Å². The highest BCUT2D eigenvalue weighted by atomic mass is 16.4. The van der Waals surface area contributed by atoms with Gasteiger partial charge in [-0.3, -0.25) is 0 Å². The summed E-state index contributed by atoms with van der Waals surface area (Å²) >= 11 is 0. The third kappa shape index (κ3) is 3.78. The molecule has 0 amide bonds. The molecule has 14 heavy (non-hydrogen) atoms. The zero-order valence-corrected chi connectivity index (χ0v) is 7.76. The summed E-state index contributed by atoms with van der Waals surface area (Å²) in [6.45, 7) is -0.00694. The Morgan fingerprint density at radius 3 is 2.07 bits per heavy atom. The Morgan fingerprint density at radius 1 is 1.07 bits per heavy atom. The number of hydrogen-bond donors (Lipinski definition) is 2. The minimum absolute atomic E-state index is 0.00694. The van der Waals surface area contributed by atoms with E-state index in [1.165, 1.54) is 6.26 Å². The van der Waals surface area contributed by atoms with Crippen molar-refractivity contribution < 1.29 is 9.52 Å². The summed E-state index contributed by atoms with van der Waals surface area (Å²) in [7, 11) is 0. The molecule has 0 aliphatic heterocycles. The SMILES string of the molecule is Nc1ccccc1.OCc1ccco1. The van der Waals surface area contributed by atoms with Crippen LogP contribution in [0.3, 0.4) is 0 Å². The molecule has 0 saturated heterocycles. The average molecular weight is 191 g/mol. The van der Waals surface area contributed by atoms with Crippen LogP contribution in [0, 0.1) is 0 Å². The first-order chi connectivity index (χ1) is 6.83. The first-order valence-corrected chi connectivity index (χ1v) is 4.26. The maximum absolute atomic E-state index is 8.33. The summed E-state index contributed by atoms with van der Waals surface area (Å²) in [6, 6.07) is 13.0. The van der Waals surface area contributed by atoms with E-state index in [1.54, 1.807) is 12.1 Å². The van der Waals surface area contributed by atoms with Crippen LogP contribution >= 0.6 is 0 Å². The third-order valence-corrected chi connectivity index (χ3v) is 1.54. The quantitative estimate of drug-likeness (QED) is 0.678. The van der Waals surface area contributed by atoms with Gasteiger partial charge >= 0.3 is 0 Å². The first kappa shape index (κ1) is 10.3. The van der Waals surface area contributed by atoms with Crippen molar-refractivity contribution >= 4 is 5.69 Å². The van der Waals surface area contributed by atoms with Crippen LogP contribution in [-0.2, 0) is 6.61 Å². The second-order valence-corrected chi connectivity index (χ2v) is 2.65. The third-order valence-electron chi connectivity index (χ3n) is 1.54. The fourth-order valence-corrected chi connectivity index (χ4v) is 0.856. The van der Waals surface area contributed by atoms with E-state index in [1.807, 2.05) is 30.3 Å². The molecular weight excluding hydrogens is 178 g/mol. The van der Waals surface area contributed by atoms with Crippen molar-refractivity contribution in [3.63, 3.8) is 0 Å². The van der Waals surface area contributed by atoms with Crippen LogP contribution in [-0.4, -0.2) is 5.11 Å². The van der Waals surface area contributed by atoms with Crippen LogP contribution in [0.25, 0.3) is 0 Å². The zero-order valence-electron chi connectivity index (χ0n) is 7.76. The number of nitrogen functional groups attached to an aromatic ring is 1. The van der Waals surface area contributed by atoms with Gasteiger partial charge in [0.1, 0.15) is 12.4 Å². The molecule has 3 heteroatoms. The van der Waals surface area contributed by atoms with Gasteiger partial charge in [0.25, 0.3) is 0 Å². The summed E-state index contributed by atoms with van der Waals surface area (Å²) in [5.74, 6) is 0.611. The summed E-state index contributed by atoms with van der Waals surface area (Å²) in [5, 5.41) is 8.33. The van der Waals surface area contributed by atoms with Crippen molar-refractivity contribution in [3.05, 3.63) is 54.5 Å². The van der Waals surface area contributed by atoms with E-state index in [0.29, 0.717) is 5.76 Å². The van der Waals surface area contributed by atoms with Gasteiger partial charge in [0, 0.05) is 5.69 Å². The second-order valence-electron chi connectivity index (χ2n) is 2.65. The van der Waals surface area contributed by atoms with Crippen molar-refractivity contribution in [2.45, 2.75) is 6.61 Å². The molecule has 3 N–H and O–H groups in total. The van der Waals surface area contributed by atoms with E-state index in [-0.39, 0.29) is 6.61 Å². The highest BCUT2D eigenvalue weighted by molar-refractivity contribution is 5.35. The van der Waals surface area contributed by atoms with Crippen LogP contribution in [0.15, 0.2) is 53.1 Å². The van der Waals surface area contributed by atoms with E-state index < -0.39 is 0 Å². The molecule has 0 radical (unpaired) electrons. The second kappa shape index (κ2) is 5.83. The lowest BCUT2D eigenvalue weighted by atomic mass is 10.3. The molecule has 1 aromatic carbocycles. The van der Waals surface area contributed by atoms with Crippen molar-refractivity contribution in [2.24, 2.45) is 0 Å². The van der Waals surface area contributed by atoms with E-state index in [9.17, 15) is 0 Å². The number of rotatable bonds is 1. The molecule has 0 atom stereocenters. The van der Waals surface area contributed by atoms with Gasteiger partial charge in [-0.1, -0.05) is 18.2 Å². The summed E-state index contributed by atoms with van der Waals surface area (Å²) < 4.78 is 4.73. The largest absolute Gasteiger partial charge is 0.467 e. The molecule has 1 heterocycles. The maximum atomic E-state index is 8.33. The van der Waals surface area contributed by atoms with Crippen LogP contribution in [0.4, 0.5) is 5.69 Å². The smallest absolute Gasteiger partial charge is 0.129 e. The Hall–Kier alpha value is -1.74. The Labute approximate surface area is 82.8 Å². The molecule has 0 fully saturated rings. The fraction of sp³-hybridized carbons (Fsp3) is 0.0909. The lowest BCUT2D eigenvalue weighted by molar-refractivity contribution is 0.247. The molecular formula is C11H13NO2. The molecule has 3 nitrogen and oxygen atoms in total. The van der Waals surface area contributed by atoms with E-state index in [0.717, 1.165) is 5.69 Å². The summed E-state index contributed by atoms with van der Waals surface area (Å²) in [6.07, 6.45) is 1.53. The molecule has 0 aliphatic rings. The van der Waals surface area contributed by atoms with Gasteiger partial charge in [0.15, 0.2) is 0 Å². The minimum atomic E-state index is -0.00694. The predicted molar refractivity (Wildman–Crippen MR) is 55.5 cm³/mol. The molecule has 0 bridgehead atoms. The number of aliphatic hydroxyl groups is 1. The molecule has 1 aromatic heterocycles. The molecule has 0 saturated carbocycles. The number of nitrogens with two attached hydrogens (primary N) is 1. The molecule has 0 unspecified atom stereocenters. The molecule has 2 aromatic rings. The monoisotopic (exact) mass is 191 g/mol. The lowest BCUT2D eigenvalue weighted by Crippen LogP contribution is -1.79. The summed E-state index contributed by atoms with van der Waals surface area (Å²) in [4.78, 5) is 0. The predicted octanol–water partition coefficient (Wildman–Crippen LogP) is 2.04. The van der Waals surface area contributed by atoms with Crippen LogP contribution in [0.1, 0.15) is 5.76 Å². The highest BCUT2D eigenvalue weighted by Crippen LogP contribution is 1.97. The maximum Gasteiger partial charge on any atom is 0.129 e. The van der Waals surface area contributed by atoms with E-state index in [2.05, 4.69) is 0 Å². The first-order valence-electron chi connectivity index (χ1n) is 4.26. The number of aliphatic hydroxyl groups excluding tert-OH is 1. The minimum Gasteiger partial charge on any atom is -0.467 e. The van der Waals surface area contributed by atoms with Crippen molar-refractivity contribution in [1.82, 2.24) is 0 Å². The topological polar surface area (TPSA) is 59.4 Å². The van der Waals surface area contributed by atoms with Crippen LogP contribution < -0.4 is 5.73 Å². The number of benzene rings is 1. The average Bonchev–Trinajstić information content (AvgIpc) is 2.72. The Morgan fingerprint density at radius 2 is 1.79 bits per heavy atom. The highest BCUT2D eigenvalue weighted by Gasteiger charge is 1.85. The Kier molecular flexibility index (Phi) is 4.31. The zero-order chi connectivity index (χ0) is 10.2. The van der Waals surface area contributed by atoms with Crippen molar-refractivity contribution in [1.29, 1.82) is 0 Å². The molecule has 0 spiro atoms. The van der Waals surface area contributed by atoms with Crippen LogP contribution in [0.2, 0.25) is 0 Å².